The average molecular weight is 571 g/mol. The Labute approximate surface area is 241 Å². The van der Waals surface area contributed by atoms with Crippen molar-refractivity contribution in [2.75, 3.05) is 27.4 Å². The van der Waals surface area contributed by atoms with Crippen molar-refractivity contribution in [3.63, 3.8) is 0 Å². The molecule has 1 atom stereocenters. The number of methoxy groups -OCH3 is 2. The van der Waals surface area contributed by atoms with Crippen LogP contribution >= 0.6 is 11.3 Å². The molecule has 4 aromatic rings. The molecule has 0 aliphatic carbocycles. The Morgan fingerprint density at radius 2 is 1.71 bits per heavy atom. The molecule has 8 nitrogen and oxygen atoms in total. The molecule has 5 rings (SSSR count). The van der Waals surface area contributed by atoms with Crippen LogP contribution in [-0.4, -0.2) is 38.0 Å². The Hall–Kier alpha value is -4.63. The van der Waals surface area contributed by atoms with Gasteiger partial charge in [0.1, 0.15) is 5.75 Å². The highest BCUT2D eigenvalue weighted by Crippen LogP contribution is 2.35. The van der Waals surface area contributed by atoms with Crippen LogP contribution in [0, 0.1) is 0 Å². The van der Waals surface area contributed by atoms with Gasteiger partial charge in [-0.15, -0.1) is 0 Å². The Kier molecular flexibility index (Phi) is 8.35. The van der Waals surface area contributed by atoms with E-state index >= 15 is 0 Å². The van der Waals surface area contributed by atoms with Gasteiger partial charge in [0.2, 0.25) is 0 Å². The maximum absolute atomic E-state index is 14.0. The molecule has 0 unspecified atom stereocenters. The second-order valence-electron chi connectivity index (χ2n) is 9.05. The van der Waals surface area contributed by atoms with Crippen molar-refractivity contribution in [3.8, 4) is 17.2 Å². The van der Waals surface area contributed by atoms with E-state index in [2.05, 4.69) is 0 Å². The number of carbonyl (C=O) groups excluding carboxylic acids is 1. The molecule has 0 bridgehead atoms. The van der Waals surface area contributed by atoms with Gasteiger partial charge in [0.05, 0.1) is 49.3 Å². The first-order valence-electron chi connectivity index (χ1n) is 13.2. The van der Waals surface area contributed by atoms with E-state index in [0.29, 0.717) is 44.5 Å². The van der Waals surface area contributed by atoms with Gasteiger partial charge in [0.15, 0.2) is 16.3 Å². The quantitative estimate of drug-likeness (QED) is 0.278. The molecule has 0 saturated carbocycles. The van der Waals surface area contributed by atoms with E-state index in [9.17, 15) is 9.59 Å². The normalized spacial score (nSPS) is 14.7. The number of esters is 1. The van der Waals surface area contributed by atoms with Gasteiger partial charge in [-0.25, -0.2) is 9.79 Å². The lowest BCUT2D eigenvalue weighted by atomic mass is 9.93. The van der Waals surface area contributed by atoms with Gasteiger partial charge in [0.25, 0.3) is 5.56 Å². The molecule has 9 heteroatoms. The lowest BCUT2D eigenvalue weighted by molar-refractivity contribution is -0.138. The molecule has 1 aromatic heterocycles. The number of aromatic nitrogens is 1. The zero-order valence-electron chi connectivity index (χ0n) is 23.2. The summed E-state index contributed by atoms with van der Waals surface area (Å²) in [5, 5.41) is 0. The molecular weight excluding hydrogens is 540 g/mol. The van der Waals surface area contributed by atoms with Crippen LogP contribution in [0.25, 0.3) is 11.8 Å². The summed E-state index contributed by atoms with van der Waals surface area (Å²) in [4.78, 5) is 33.0. The summed E-state index contributed by atoms with van der Waals surface area (Å²) in [6, 6.07) is 21.5. The van der Waals surface area contributed by atoms with Crippen molar-refractivity contribution in [1.29, 1.82) is 0 Å². The summed E-state index contributed by atoms with van der Waals surface area (Å²) >= 11 is 1.26. The fourth-order valence-electron chi connectivity index (χ4n) is 4.74. The van der Waals surface area contributed by atoms with Crippen LogP contribution in [0.3, 0.4) is 0 Å². The van der Waals surface area contributed by atoms with Crippen molar-refractivity contribution in [2.45, 2.75) is 19.9 Å². The molecule has 0 amide bonds. The number of nitrogens with zero attached hydrogens (tertiary/aromatic N) is 2. The van der Waals surface area contributed by atoms with Crippen molar-refractivity contribution in [2.24, 2.45) is 4.99 Å². The maximum Gasteiger partial charge on any atom is 0.338 e. The Morgan fingerprint density at radius 1 is 0.951 bits per heavy atom. The average Bonchev–Trinajstić information content (AvgIpc) is 3.31. The summed E-state index contributed by atoms with van der Waals surface area (Å²) in [5.74, 6) is 1.33. The van der Waals surface area contributed by atoms with E-state index in [1.807, 2.05) is 79.7 Å². The Balaban J connectivity index is 1.77. The molecule has 0 fully saturated rings. The van der Waals surface area contributed by atoms with Crippen LogP contribution < -0.4 is 29.1 Å². The first-order valence-corrected chi connectivity index (χ1v) is 14.0. The molecule has 1 aliphatic rings. The molecule has 2 heterocycles. The number of carbonyl (C=O) groups is 1. The van der Waals surface area contributed by atoms with Gasteiger partial charge >= 0.3 is 5.97 Å². The second-order valence-corrected chi connectivity index (χ2v) is 10.1. The second kappa shape index (κ2) is 12.3. The predicted octanol–water partition coefficient (Wildman–Crippen LogP) is 4.35. The number of fused-ring (bicyclic) bond motifs is 1. The van der Waals surface area contributed by atoms with Crippen molar-refractivity contribution >= 4 is 29.1 Å². The highest BCUT2D eigenvalue weighted by atomic mass is 32.1. The first kappa shape index (κ1) is 27.9. The van der Waals surface area contributed by atoms with Gasteiger partial charge in [-0.1, -0.05) is 59.9 Å². The van der Waals surface area contributed by atoms with Crippen LogP contribution in [0.15, 0.2) is 88.2 Å². The molecule has 3 aromatic carbocycles. The largest absolute Gasteiger partial charge is 0.497 e. The third-order valence-electron chi connectivity index (χ3n) is 6.59. The number of hydrogen-bond acceptors (Lipinski definition) is 8. The van der Waals surface area contributed by atoms with Crippen LogP contribution in [0.1, 0.15) is 36.6 Å². The van der Waals surface area contributed by atoms with Gasteiger partial charge in [-0.2, -0.15) is 0 Å². The molecular formula is C32H30N2O6S. The minimum Gasteiger partial charge on any atom is -0.497 e. The van der Waals surface area contributed by atoms with E-state index < -0.39 is 12.0 Å². The van der Waals surface area contributed by atoms with Gasteiger partial charge in [0, 0.05) is 5.56 Å². The predicted molar refractivity (Wildman–Crippen MR) is 158 cm³/mol. The van der Waals surface area contributed by atoms with Gasteiger partial charge < -0.3 is 18.9 Å². The highest BCUT2D eigenvalue weighted by molar-refractivity contribution is 7.07. The van der Waals surface area contributed by atoms with Crippen LogP contribution in [0.4, 0.5) is 0 Å². The van der Waals surface area contributed by atoms with Gasteiger partial charge in [-0.05, 0) is 55.3 Å². The zero-order valence-corrected chi connectivity index (χ0v) is 24.1. The summed E-state index contributed by atoms with van der Waals surface area (Å²) in [6.07, 6.45) is 1.80. The number of hydrogen-bond donors (Lipinski definition) is 0. The van der Waals surface area contributed by atoms with E-state index in [0.717, 1.165) is 16.7 Å². The first-order chi connectivity index (χ1) is 20.0. The van der Waals surface area contributed by atoms with Crippen LogP contribution in [-0.2, 0) is 9.53 Å². The molecule has 1 aliphatic heterocycles. The number of rotatable bonds is 9. The van der Waals surface area contributed by atoms with Crippen LogP contribution in [0.5, 0.6) is 17.2 Å². The van der Waals surface area contributed by atoms with Crippen molar-refractivity contribution in [1.82, 2.24) is 4.57 Å². The highest BCUT2D eigenvalue weighted by Gasteiger charge is 2.35. The van der Waals surface area contributed by atoms with E-state index in [4.69, 9.17) is 23.9 Å². The van der Waals surface area contributed by atoms with Gasteiger partial charge in [-0.3, -0.25) is 9.36 Å². The van der Waals surface area contributed by atoms with Crippen molar-refractivity contribution in [3.05, 3.63) is 115 Å². The molecule has 0 saturated heterocycles. The number of benzene rings is 3. The minimum atomic E-state index is -0.761. The Morgan fingerprint density at radius 3 is 2.37 bits per heavy atom. The number of ether oxygens (including phenoxy) is 4. The summed E-state index contributed by atoms with van der Waals surface area (Å²) < 4.78 is 24.0. The smallest absolute Gasteiger partial charge is 0.338 e. The number of thiazole rings is 1. The zero-order chi connectivity index (χ0) is 28.9. The SMILES string of the molecule is CCOC(=O)C1=C(c2ccccc2)N=c2s/c(=C\c3ccc(OCC)c(OC)c3)c(=O)n2[C@H]1c1ccc(OC)cc1. The lowest BCUT2D eigenvalue weighted by Crippen LogP contribution is -2.40. The van der Waals surface area contributed by atoms with Crippen LogP contribution in [0.2, 0.25) is 0 Å². The molecule has 0 spiro atoms. The lowest BCUT2D eigenvalue weighted by Gasteiger charge is -2.26. The maximum atomic E-state index is 14.0. The third kappa shape index (κ3) is 5.53. The monoisotopic (exact) mass is 570 g/mol. The fourth-order valence-corrected chi connectivity index (χ4v) is 5.74. The summed E-state index contributed by atoms with van der Waals surface area (Å²) in [5.41, 5.74) is 2.75. The third-order valence-corrected chi connectivity index (χ3v) is 7.57. The topological polar surface area (TPSA) is 88.4 Å². The van der Waals surface area contributed by atoms with E-state index in [1.165, 1.54) is 11.3 Å². The van der Waals surface area contributed by atoms with E-state index in [-0.39, 0.29) is 12.2 Å². The molecule has 210 valence electrons. The van der Waals surface area contributed by atoms with E-state index in [1.54, 1.807) is 31.8 Å². The standard InChI is InChI=1S/C32H30N2O6S/c1-5-39-24-17-12-20(18-25(24)38-4)19-26-30(35)34-29(22-13-15-23(37-3)16-14-22)27(31(36)40-6-2)28(33-32(34)41-26)21-10-8-7-9-11-21/h7-19,29H,5-6H2,1-4H3/b26-19-/t29-/m0/s1. The summed E-state index contributed by atoms with van der Waals surface area (Å²) in [6.45, 7) is 4.35. The Bertz CT molecular complexity index is 1770. The molecule has 0 N–H and O–H groups in total. The fraction of sp³-hybridized carbons (Fsp3) is 0.219. The summed E-state index contributed by atoms with van der Waals surface area (Å²) in [7, 11) is 3.16. The molecule has 0 radical (unpaired) electrons. The van der Waals surface area contributed by atoms with Crippen molar-refractivity contribution < 1.29 is 23.7 Å². The minimum absolute atomic E-state index is 0.184. The molecule has 41 heavy (non-hydrogen) atoms.